The Morgan fingerprint density at radius 2 is 2.09 bits per heavy atom. The van der Waals surface area contributed by atoms with E-state index in [0.717, 1.165) is 37.1 Å². The summed E-state index contributed by atoms with van der Waals surface area (Å²) in [6.07, 6.45) is 2.04. The van der Waals surface area contributed by atoms with Gasteiger partial charge in [0.05, 0.1) is 7.11 Å². The zero-order chi connectivity index (χ0) is 15.3. The molecule has 2 aromatic rings. The van der Waals surface area contributed by atoms with E-state index in [1.54, 1.807) is 7.11 Å². The third-order valence-corrected chi connectivity index (χ3v) is 5.16. The van der Waals surface area contributed by atoms with E-state index in [0.29, 0.717) is 11.8 Å². The minimum atomic E-state index is 0.288. The summed E-state index contributed by atoms with van der Waals surface area (Å²) >= 11 is 0. The van der Waals surface area contributed by atoms with Crippen LogP contribution in [0.1, 0.15) is 29.7 Å². The lowest BCUT2D eigenvalue weighted by Gasteiger charge is -2.41. The van der Waals surface area contributed by atoms with E-state index in [4.69, 9.17) is 4.74 Å². The van der Waals surface area contributed by atoms with Crippen molar-refractivity contribution < 1.29 is 9.84 Å². The van der Waals surface area contributed by atoms with Crippen molar-refractivity contribution in [2.24, 2.45) is 0 Å². The molecule has 1 N–H and O–H groups in total. The van der Waals surface area contributed by atoms with Crippen LogP contribution in [-0.2, 0) is 12.8 Å². The van der Waals surface area contributed by atoms with Crippen LogP contribution < -0.4 is 4.74 Å². The summed E-state index contributed by atoms with van der Waals surface area (Å²) in [5, 5.41) is 10.8. The molecule has 2 aromatic carbocycles. The highest BCUT2D eigenvalue weighted by Gasteiger charge is 2.36. The van der Waals surface area contributed by atoms with Crippen LogP contribution in [0.4, 0.5) is 0 Å². The number of phenols is 1. The first-order chi connectivity index (χ1) is 10.7. The average Bonchev–Trinajstić information content (AvgIpc) is 2.56. The van der Waals surface area contributed by atoms with Crippen LogP contribution in [0.15, 0.2) is 30.3 Å². The van der Waals surface area contributed by atoms with Gasteiger partial charge in [-0.2, -0.15) is 0 Å². The molecule has 2 aliphatic rings. The van der Waals surface area contributed by atoms with Crippen LogP contribution in [-0.4, -0.2) is 30.2 Å². The maximum absolute atomic E-state index is 10.8. The topological polar surface area (TPSA) is 32.7 Å². The molecule has 1 heterocycles. The summed E-state index contributed by atoms with van der Waals surface area (Å²) < 4.78 is 5.42. The minimum absolute atomic E-state index is 0.288. The van der Waals surface area contributed by atoms with Crippen molar-refractivity contribution in [3.05, 3.63) is 47.0 Å². The van der Waals surface area contributed by atoms with Gasteiger partial charge in [0, 0.05) is 18.2 Å². The standard InChI is InChI=1S/C19H21NO2/c1-3-20-9-8-13-11-16(22-2)19(21)18-14-7-5-4-6-12(14)10-15(20)17(13)18/h4-7,11,15,21H,3,8-10H2,1-2H3/t15-/m1/s1. The number of ether oxygens (including phenoxy) is 1. The van der Waals surface area contributed by atoms with E-state index in [1.165, 1.54) is 16.7 Å². The van der Waals surface area contributed by atoms with Crippen LogP contribution in [0, 0.1) is 0 Å². The second kappa shape index (κ2) is 5.03. The Labute approximate surface area is 131 Å². The second-order valence-electron chi connectivity index (χ2n) is 6.13. The van der Waals surface area contributed by atoms with Gasteiger partial charge in [0.15, 0.2) is 11.5 Å². The first-order valence-electron chi connectivity index (χ1n) is 7.99. The molecule has 3 nitrogen and oxygen atoms in total. The van der Waals surface area contributed by atoms with Gasteiger partial charge in [-0.3, -0.25) is 4.90 Å². The Kier molecular flexibility index (Phi) is 3.12. The van der Waals surface area contributed by atoms with Crippen molar-refractivity contribution in [2.45, 2.75) is 25.8 Å². The number of methoxy groups -OCH3 is 1. The highest BCUT2D eigenvalue weighted by atomic mass is 16.5. The third-order valence-electron chi connectivity index (χ3n) is 5.16. The number of rotatable bonds is 2. The fourth-order valence-corrected chi connectivity index (χ4v) is 4.09. The van der Waals surface area contributed by atoms with E-state index >= 15 is 0 Å². The van der Waals surface area contributed by atoms with Crippen molar-refractivity contribution in [1.29, 1.82) is 0 Å². The predicted molar refractivity (Wildman–Crippen MR) is 87.5 cm³/mol. The lowest BCUT2D eigenvalue weighted by atomic mass is 9.76. The third kappa shape index (κ3) is 1.78. The molecule has 0 bridgehead atoms. The number of likely N-dealkylation sites (N-methyl/N-ethyl adjacent to an activating group) is 1. The van der Waals surface area contributed by atoms with Crippen LogP contribution in [0.2, 0.25) is 0 Å². The molecular weight excluding hydrogens is 274 g/mol. The van der Waals surface area contributed by atoms with Gasteiger partial charge in [-0.15, -0.1) is 0 Å². The van der Waals surface area contributed by atoms with Gasteiger partial charge in [-0.05, 0) is 47.7 Å². The normalized spacial score (nSPS) is 19.5. The van der Waals surface area contributed by atoms with Crippen molar-refractivity contribution in [3.8, 4) is 22.6 Å². The fourth-order valence-electron chi connectivity index (χ4n) is 4.09. The maximum Gasteiger partial charge on any atom is 0.166 e. The van der Waals surface area contributed by atoms with Crippen molar-refractivity contribution >= 4 is 0 Å². The summed E-state index contributed by atoms with van der Waals surface area (Å²) in [4.78, 5) is 2.52. The molecule has 0 radical (unpaired) electrons. The molecule has 0 unspecified atom stereocenters. The monoisotopic (exact) mass is 295 g/mol. The first kappa shape index (κ1) is 13.6. The summed E-state index contributed by atoms with van der Waals surface area (Å²) in [5.74, 6) is 0.880. The number of nitrogens with zero attached hydrogens (tertiary/aromatic N) is 1. The highest BCUT2D eigenvalue weighted by Crippen LogP contribution is 2.51. The number of benzene rings is 2. The smallest absolute Gasteiger partial charge is 0.166 e. The first-order valence-corrected chi connectivity index (χ1v) is 7.99. The molecular formula is C19H21NO2. The van der Waals surface area contributed by atoms with E-state index in [2.05, 4.69) is 30.0 Å². The minimum Gasteiger partial charge on any atom is -0.504 e. The highest BCUT2D eigenvalue weighted by molar-refractivity contribution is 5.83. The lowest BCUT2D eigenvalue weighted by Crippen LogP contribution is -2.38. The van der Waals surface area contributed by atoms with Crippen molar-refractivity contribution in [2.75, 3.05) is 20.2 Å². The van der Waals surface area contributed by atoms with Crippen LogP contribution >= 0.6 is 0 Å². The molecule has 1 atom stereocenters. The van der Waals surface area contributed by atoms with E-state index in [9.17, 15) is 5.11 Å². The number of hydrogen-bond donors (Lipinski definition) is 1. The van der Waals surface area contributed by atoms with Crippen LogP contribution in [0.5, 0.6) is 11.5 Å². The molecule has 3 heteroatoms. The molecule has 0 saturated carbocycles. The van der Waals surface area contributed by atoms with E-state index in [1.807, 2.05) is 12.1 Å². The molecule has 1 aliphatic carbocycles. The van der Waals surface area contributed by atoms with Crippen molar-refractivity contribution in [3.63, 3.8) is 0 Å². The Bertz CT molecular complexity index is 738. The molecule has 0 spiro atoms. The Balaban J connectivity index is 2.04. The van der Waals surface area contributed by atoms with Gasteiger partial charge in [-0.25, -0.2) is 0 Å². The quantitative estimate of drug-likeness (QED) is 0.920. The summed E-state index contributed by atoms with van der Waals surface area (Å²) in [6.45, 7) is 4.33. The second-order valence-corrected chi connectivity index (χ2v) is 6.13. The number of phenolic OH excluding ortho intramolecular Hbond substituents is 1. The molecule has 0 saturated heterocycles. The van der Waals surface area contributed by atoms with Gasteiger partial charge in [0.25, 0.3) is 0 Å². The van der Waals surface area contributed by atoms with Gasteiger partial charge >= 0.3 is 0 Å². The molecule has 0 fully saturated rings. The predicted octanol–water partition coefficient (Wildman–Crippen LogP) is 3.54. The molecule has 1 aliphatic heterocycles. The van der Waals surface area contributed by atoms with Crippen LogP contribution in [0.3, 0.4) is 0 Å². The molecule has 22 heavy (non-hydrogen) atoms. The summed E-state index contributed by atoms with van der Waals surface area (Å²) in [5.41, 5.74) is 6.09. The lowest BCUT2D eigenvalue weighted by molar-refractivity contribution is 0.192. The molecule has 4 rings (SSSR count). The Morgan fingerprint density at radius 3 is 2.86 bits per heavy atom. The SMILES string of the molecule is CCN1CCc2cc(OC)c(O)c3c2[C@H]1Cc1ccccc1-3. The average molecular weight is 295 g/mol. The Hall–Kier alpha value is -2.00. The summed E-state index contributed by atoms with van der Waals surface area (Å²) in [6, 6.07) is 10.8. The molecule has 114 valence electrons. The zero-order valence-corrected chi connectivity index (χ0v) is 13.1. The fraction of sp³-hybridized carbons (Fsp3) is 0.368. The summed E-state index contributed by atoms with van der Waals surface area (Å²) in [7, 11) is 1.63. The number of fused-ring (bicyclic) bond motifs is 2. The van der Waals surface area contributed by atoms with Crippen molar-refractivity contribution in [1.82, 2.24) is 4.90 Å². The molecule has 0 aromatic heterocycles. The maximum atomic E-state index is 10.8. The Morgan fingerprint density at radius 1 is 1.27 bits per heavy atom. The number of aromatic hydroxyl groups is 1. The molecule has 0 amide bonds. The van der Waals surface area contributed by atoms with Crippen LogP contribution in [0.25, 0.3) is 11.1 Å². The van der Waals surface area contributed by atoms with E-state index in [-0.39, 0.29) is 5.75 Å². The van der Waals surface area contributed by atoms with E-state index < -0.39 is 0 Å². The van der Waals surface area contributed by atoms with Gasteiger partial charge in [0.1, 0.15) is 0 Å². The largest absolute Gasteiger partial charge is 0.504 e. The van der Waals surface area contributed by atoms with Gasteiger partial charge in [-0.1, -0.05) is 31.2 Å². The van der Waals surface area contributed by atoms with Gasteiger partial charge in [0.2, 0.25) is 0 Å². The zero-order valence-electron chi connectivity index (χ0n) is 13.1. The van der Waals surface area contributed by atoms with Gasteiger partial charge < -0.3 is 9.84 Å². The number of hydrogen-bond acceptors (Lipinski definition) is 3.